The number of nitrogens with one attached hydrogen (secondary N) is 1. The maximum Gasteiger partial charge on any atom is 0.266 e. The van der Waals surface area contributed by atoms with E-state index in [-0.39, 0.29) is 5.57 Å². The van der Waals surface area contributed by atoms with Crippen LogP contribution in [-0.4, -0.2) is 10.5 Å². The molecule has 1 heterocycles. The van der Waals surface area contributed by atoms with Crippen LogP contribution in [0.4, 0.5) is 5.69 Å². The predicted molar refractivity (Wildman–Crippen MR) is 143 cm³/mol. The zero-order chi connectivity index (χ0) is 24.4. The molecular weight excluding hydrogens is 454 g/mol. The minimum Gasteiger partial charge on any atom is -0.342 e. The summed E-state index contributed by atoms with van der Waals surface area (Å²) in [6, 6.07) is 30.0. The third kappa shape index (κ3) is 4.55. The van der Waals surface area contributed by atoms with Crippen LogP contribution in [0.5, 0.6) is 0 Å². The van der Waals surface area contributed by atoms with Gasteiger partial charge in [0, 0.05) is 39.9 Å². The van der Waals surface area contributed by atoms with E-state index >= 15 is 0 Å². The molecule has 170 valence electrons. The summed E-state index contributed by atoms with van der Waals surface area (Å²) >= 11 is 6.18. The number of hydrogen-bond acceptors (Lipinski definition) is 2. The fourth-order valence-electron chi connectivity index (χ4n) is 4.31. The van der Waals surface area contributed by atoms with Gasteiger partial charge in [0.15, 0.2) is 0 Å². The molecule has 1 amide bonds. The number of nitrogens with zero attached hydrogens (tertiary/aromatic N) is 2. The summed E-state index contributed by atoms with van der Waals surface area (Å²) in [6.45, 7) is 2.56. The molecule has 5 rings (SSSR count). The number of aromatic nitrogens is 1. The highest BCUT2D eigenvalue weighted by Gasteiger charge is 2.14. The summed E-state index contributed by atoms with van der Waals surface area (Å²) in [4.78, 5) is 12.9. The van der Waals surface area contributed by atoms with Crippen molar-refractivity contribution in [1.82, 2.24) is 4.57 Å². The molecule has 0 unspecified atom stereocenters. The number of hydrogen-bond donors (Lipinski definition) is 1. The third-order valence-electron chi connectivity index (χ3n) is 6.13. The molecule has 0 saturated heterocycles. The van der Waals surface area contributed by atoms with E-state index in [9.17, 15) is 10.1 Å². The molecule has 0 radical (unpaired) electrons. The lowest BCUT2D eigenvalue weighted by Gasteiger charge is -2.09. The first-order valence-corrected chi connectivity index (χ1v) is 11.6. The van der Waals surface area contributed by atoms with E-state index in [0.29, 0.717) is 17.3 Å². The van der Waals surface area contributed by atoms with Crippen molar-refractivity contribution in [2.24, 2.45) is 0 Å². The van der Waals surface area contributed by atoms with Gasteiger partial charge in [0.05, 0.1) is 0 Å². The lowest BCUT2D eigenvalue weighted by Crippen LogP contribution is -2.13. The molecule has 0 fully saturated rings. The molecule has 0 saturated carbocycles. The van der Waals surface area contributed by atoms with Crippen LogP contribution in [0, 0.1) is 18.3 Å². The molecule has 1 aromatic heterocycles. The number of rotatable bonds is 5. The summed E-state index contributed by atoms with van der Waals surface area (Å²) in [5, 5.41) is 16.5. The van der Waals surface area contributed by atoms with E-state index in [1.807, 2.05) is 49.5 Å². The van der Waals surface area contributed by atoms with E-state index in [0.717, 1.165) is 22.0 Å². The van der Waals surface area contributed by atoms with Gasteiger partial charge in [-0.2, -0.15) is 5.26 Å². The maximum absolute atomic E-state index is 12.9. The minimum absolute atomic E-state index is 0.0229. The SMILES string of the molecule is Cc1ccc(NC(=O)/C(C#N)=C\c2cn(Cc3cccc4ccccc34)c3ccccc23)cc1Cl. The Labute approximate surface area is 208 Å². The monoisotopic (exact) mass is 475 g/mol. The van der Waals surface area contributed by atoms with Gasteiger partial charge in [0.2, 0.25) is 0 Å². The van der Waals surface area contributed by atoms with E-state index in [1.54, 1.807) is 18.2 Å². The van der Waals surface area contributed by atoms with Crippen LogP contribution in [0.2, 0.25) is 5.02 Å². The van der Waals surface area contributed by atoms with Gasteiger partial charge in [-0.1, -0.05) is 78.3 Å². The van der Waals surface area contributed by atoms with Crippen molar-refractivity contribution in [2.75, 3.05) is 5.32 Å². The van der Waals surface area contributed by atoms with E-state index < -0.39 is 5.91 Å². The van der Waals surface area contributed by atoms with Crippen LogP contribution >= 0.6 is 11.6 Å². The Bertz CT molecular complexity index is 1650. The molecule has 0 aliphatic carbocycles. The predicted octanol–water partition coefficient (Wildman–Crippen LogP) is 7.35. The van der Waals surface area contributed by atoms with Gasteiger partial charge < -0.3 is 9.88 Å². The number of nitriles is 1. The van der Waals surface area contributed by atoms with E-state index in [1.165, 1.54) is 16.3 Å². The number of aryl methyl sites for hydroxylation is 1. The van der Waals surface area contributed by atoms with Crippen molar-refractivity contribution in [1.29, 1.82) is 5.26 Å². The molecule has 0 aliphatic heterocycles. The van der Waals surface area contributed by atoms with Gasteiger partial charge in [-0.3, -0.25) is 4.79 Å². The van der Waals surface area contributed by atoms with Crippen LogP contribution in [-0.2, 0) is 11.3 Å². The van der Waals surface area contributed by atoms with E-state index in [2.05, 4.69) is 52.4 Å². The van der Waals surface area contributed by atoms with Gasteiger partial charge in [-0.05, 0) is 53.1 Å². The van der Waals surface area contributed by atoms with Crippen molar-refractivity contribution in [3.63, 3.8) is 0 Å². The molecule has 4 nitrogen and oxygen atoms in total. The molecular formula is C30H22ClN3O. The average Bonchev–Trinajstić information content (AvgIpc) is 3.22. The van der Waals surface area contributed by atoms with Crippen LogP contribution in [0.15, 0.2) is 96.7 Å². The summed E-state index contributed by atoms with van der Waals surface area (Å²) in [5.74, 6) is -0.474. The molecule has 0 spiro atoms. The summed E-state index contributed by atoms with van der Waals surface area (Å²) in [6.07, 6.45) is 3.65. The number of benzene rings is 4. The zero-order valence-electron chi connectivity index (χ0n) is 19.1. The summed E-state index contributed by atoms with van der Waals surface area (Å²) < 4.78 is 2.16. The smallest absolute Gasteiger partial charge is 0.266 e. The normalized spacial score (nSPS) is 11.5. The molecule has 0 atom stereocenters. The highest BCUT2D eigenvalue weighted by Crippen LogP contribution is 2.27. The van der Waals surface area contributed by atoms with E-state index in [4.69, 9.17) is 11.6 Å². The molecule has 4 aromatic carbocycles. The van der Waals surface area contributed by atoms with Crippen LogP contribution in [0.25, 0.3) is 27.8 Å². The number of halogens is 1. The Morgan fingerprint density at radius 3 is 2.54 bits per heavy atom. The van der Waals surface area contributed by atoms with Crippen molar-refractivity contribution in [3.05, 3.63) is 118 Å². The third-order valence-corrected chi connectivity index (χ3v) is 6.54. The standard InChI is InChI=1S/C30H22ClN3O/c1-20-13-14-25(16-28(20)31)33-30(35)23(17-32)15-24-19-34(29-12-5-4-11-27(24)29)18-22-9-6-8-21-7-2-3-10-26(21)22/h2-16,19H,18H2,1H3,(H,33,35)/b23-15-. The van der Waals surface area contributed by atoms with Gasteiger partial charge >= 0.3 is 0 Å². The topological polar surface area (TPSA) is 57.8 Å². The number of fused-ring (bicyclic) bond motifs is 2. The Morgan fingerprint density at radius 2 is 1.74 bits per heavy atom. The fraction of sp³-hybridized carbons (Fsp3) is 0.0667. The maximum atomic E-state index is 12.9. The first-order chi connectivity index (χ1) is 17.0. The van der Waals surface area contributed by atoms with Gasteiger partial charge in [0.1, 0.15) is 11.6 Å². The van der Waals surface area contributed by atoms with Crippen LogP contribution in [0.3, 0.4) is 0 Å². The lowest BCUT2D eigenvalue weighted by molar-refractivity contribution is -0.112. The lowest BCUT2D eigenvalue weighted by atomic mass is 10.0. The van der Waals surface area contributed by atoms with Gasteiger partial charge in [-0.15, -0.1) is 0 Å². The molecule has 0 bridgehead atoms. The molecule has 5 aromatic rings. The zero-order valence-corrected chi connectivity index (χ0v) is 19.9. The number of carbonyl (C=O) groups excluding carboxylic acids is 1. The first-order valence-electron chi connectivity index (χ1n) is 11.3. The Morgan fingerprint density at radius 1 is 1.00 bits per heavy atom. The quantitative estimate of drug-likeness (QED) is 0.213. The minimum atomic E-state index is -0.474. The molecule has 0 aliphatic rings. The second-order valence-electron chi connectivity index (χ2n) is 8.46. The molecule has 5 heteroatoms. The van der Waals surface area contributed by atoms with Crippen molar-refractivity contribution in [3.8, 4) is 6.07 Å². The highest BCUT2D eigenvalue weighted by atomic mass is 35.5. The summed E-state index contributed by atoms with van der Waals surface area (Å²) in [5.41, 5.74) is 4.54. The number of amides is 1. The number of para-hydroxylation sites is 1. The Balaban J connectivity index is 1.51. The number of anilines is 1. The van der Waals surface area contributed by atoms with Gasteiger partial charge in [0.25, 0.3) is 5.91 Å². The van der Waals surface area contributed by atoms with Crippen molar-refractivity contribution >= 4 is 50.9 Å². The Hall–Kier alpha value is -4.33. The largest absolute Gasteiger partial charge is 0.342 e. The van der Waals surface area contributed by atoms with Crippen LogP contribution < -0.4 is 5.32 Å². The molecule has 35 heavy (non-hydrogen) atoms. The van der Waals surface area contributed by atoms with Crippen molar-refractivity contribution < 1.29 is 4.79 Å². The second-order valence-corrected chi connectivity index (χ2v) is 8.86. The van der Waals surface area contributed by atoms with Gasteiger partial charge in [-0.25, -0.2) is 0 Å². The van der Waals surface area contributed by atoms with Crippen LogP contribution in [0.1, 0.15) is 16.7 Å². The average molecular weight is 476 g/mol. The Kier molecular flexibility index (Phi) is 6.10. The summed E-state index contributed by atoms with van der Waals surface area (Å²) in [7, 11) is 0. The van der Waals surface area contributed by atoms with Crippen molar-refractivity contribution in [2.45, 2.75) is 13.5 Å². The number of carbonyl (C=O) groups is 1. The first kappa shape index (κ1) is 22.5. The highest BCUT2D eigenvalue weighted by molar-refractivity contribution is 6.31. The fourth-order valence-corrected chi connectivity index (χ4v) is 4.49. The molecule has 1 N–H and O–H groups in total. The second kappa shape index (κ2) is 9.50.